The quantitative estimate of drug-likeness (QED) is 0.474. The predicted octanol–water partition coefficient (Wildman–Crippen LogP) is 4.84. The molecule has 0 radical (unpaired) electrons. The largest absolute Gasteiger partial charge is 0.322 e. The molecule has 0 fully saturated rings. The number of fused-ring (bicyclic) bond motifs is 1. The van der Waals surface area contributed by atoms with Crippen molar-refractivity contribution in [3.8, 4) is 11.1 Å². The van der Waals surface area contributed by atoms with Crippen molar-refractivity contribution in [1.82, 2.24) is 9.97 Å². The van der Waals surface area contributed by atoms with Crippen LogP contribution in [0.25, 0.3) is 11.1 Å². The number of rotatable bonds is 5. The van der Waals surface area contributed by atoms with Gasteiger partial charge in [0.05, 0.1) is 12.1 Å². The summed E-state index contributed by atoms with van der Waals surface area (Å²) in [5, 5.41) is 3.03. The highest BCUT2D eigenvalue weighted by Crippen LogP contribution is 2.32. The Morgan fingerprint density at radius 3 is 2.62 bits per heavy atom. The summed E-state index contributed by atoms with van der Waals surface area (Å²) in [4.78, 5) is 35.8. The lowest BCUT2D eigenvalue weighted by Crippen LogP contribution is -2.30. The topological polar surface area (TPSA) is 75.2 Å². The van der Waals surface area contributed by atoms with Gasteiger partial charge in [0, 0.05) is 29.7 Å². The van der Waals surface area contributed by atoms with Gasteiger partial charge in [0.25, 0.3) is 5.91 Å². The Balaban J connectivity index is 1.33. The summed E-state index contributed by atoms with van der Waals surface area (Å²) >= 11 is 0. The van der Waals surface area contributed by atoms with Gasteiger partial charge in [0.1, 0.15) is 6.33 Å². The third kappa shape index (κ3) is 4.43. The van der Waals surface area contributed by atoms with Gasteiger partial charge in [-0.15, -0.1) is 0 Å². The molecule has 0 spiro atoms. The Kier molecular flexibility index (Phi) is 5.87. The molecule has 0 unspecified atom stereocenters. The first-order chi connectivity index (χ1) is 16.6. The van der Waals surface area contributed by atoms with Gasteiger partial charge in [-0.3, -0.25) is 9.59 Å². The summed E-state index contributed by atoms with van der Waals surface area (Å²) in [6.45, 7) is 2.66. The van der Waals surface area contributed by atoms with Crippen LogP contribution in [0.4, 0.5) is 11.4 Å². The van der Waals surface area contributed by atoms with E-state index in [9.17, 15) is 9.59 Å². The van der Waals surface area contributed by atoms with Crippen molar-refractivity contribution in [2.75, 3.05) is 16.8 Å². The third-order valence-corrected chi connectivity index (χ3v) is 6.04. The number of carbonyl (C=O) groups is 2. The van der Waals surface area contributed by atoms with Crippen LogP contribution < -0.4 is 10.2 Å². The van der Waals surface area contributed by atoms with Crippen LogP contribution in [0.2, 0.25) is 0 Å². The van der Waals surface area contributed by atoms with E-state index in [0.29, 0.717) is 23.5 Å². The predicted molar refractivity (Wildman–Crippen MR) is 133 cm³/mol. The molecule has 3 aromatic carbocycles. The van der Waals surface area contributed by atoms with Gasteiger partial charge in [-0.05, 0) is 60.4 Å². The summed E-state index contributed by atoms with van der Waals surface area (Å²) in [6.07, 6.45) is 4.07. The molecule has 1 N–H and O–H groups in total. The molecule has 0 saturated carbocycles. The molecular formula is C28H24N4O2. The third-order valence-electron chi connectivity index (χ3n) is 6.04. The second-order valence-electron chi connectivity index (χ2n) is 8.38. The standard InChI is InChI=1S/C28H24N4O2/c1-19-6-8-20(9-7-19)24-4-2-3-5-25(24)28(34)31-23-10-11-26-21(16-23)13-15-32(26)27(33)17-22-12-14-29-18-30-22/h2-12,14,16,18H,13,15,17H2,1H3,(H,31,34). The van der Waals surface area contributed by atoms with Gasteiger partial charge < -0.3 is 10.2 Å². The maximum Gasteiger partial charge on any atom is 0.256 e. The summed E-state index contributed by atoms with van der Waals surface area (Å²) in [6, 6.07) is 23.2. The Bertz CT molecular complexity index is 1350. The van der Waals surface area contributed by atoms with Crippen LogP contribution in [-0.2, 0) is 17.6 Å². The number of hydrogen-bond acceptors (Lipinski definition) is 4. The van der Waals surface area contributed by atoms with Gasteiger partial charge in [0.15, 0.2) is 0 Å². The maximum absolute atomic E-state index is 13.2. The van der Waals surface area contributed by atoms with E-state index in [1.807, 2.05) is 73.7 Å². The van der Waals surface area contributed by atoms with Crippen molar-refractivity contribution < 1.29 is 9.59 Å². The molecule has 2 heterocycles. The average molecular weight is 449 g/mol. The van der Waals surface area contributed by atoms with Gasteiger partial charge in [-0.25, -0.2) is 9.97 Å². The van der Waals surface area contributed by atoms with Gasteiger partial charge in [-0.1, -0.05) is 48.0 Å². The zero-order valence-corrected chi connectivity index (χ0v) is 18.9. The lowest BCUT2D eigenvalue weighted by atomic mass is 9.98. The Hall–Kier alpha value is -4.32. The second-order valence-corrected chi connectivity index (χ2v) is 8.38. The van der Waals surface area contributed by atoms with Gasteiger partial charge in [0.2, 0.25) is 5.91 Å². The van der Waals surface area contributed by atoms with E-state index in [0.717, 1.165) is 28.8 Å². The van der Waals surface area contributed by atoms with E-state index in [1.165, 1.54) is 11.9 Å². The van der Waals surface area contributed by atoms with E-state index < -0.39 is 0 Å². The normalized spacial score (nSPS) is 12.3. The molecule has 0 saturated heterocycles. The highest BCUT2D eigenvalue weighted by molar-refractivity contribution is 6.09. The number of amides is 2. The summed E-state index contributed by atoms with van der Waals surface area (Å²) < 4.78 is 0. The first-order valence-electron chi connectivity index (χ1n) is 11.2. The molecule has 5 rings (SSSR count). The van der Waals surface area contributed by atoms with Crippen molar-refractivity contribution in [2.24, 2.45) is 0 Å². The zero-order valence-electron chi connectivity index (χ0n) is 18.9. The Morgan fingerprint density at radius 1 is 1.00 bits per heavy atom. The number of nitrogens with zero attached hydrogens (tertiary/aromatic N) is 3. The van der Waals surface area contributed by atoms with Crippen molar-refractivity contribution >= 4 is 23.2 Å². The fourth-order valence-electron chi connectivity index (χ4n) is 4.28. The molecule has 1 aliphatic heterocycles. The minimum absolute atomic E-state index is 0.00117. The number of anilines is 2. The van der Waals surface area contributed by atoms with Crippen LogP contribution in [0.3, 0.4) is 0 Å². The van der Waals surface area contributed by atoms with Crippen LogP contribution in [0.15, 0.2) is 85.3 Å². The molecule has 0 atom stereocenters. The van der Waals surface area contributed by atoms with E-state index in [1.54, 1.807) is 17.2 Å². The second kappa shape index (κ2) is 9.27. The highest BCUT2D eigenvalue weighted by atomic mass is 16.2. The summed E-state index contributed by atoms with van der Waals surface area (Å²) in [5.41, 5.74) is 7.03. The number of nitrogens with one attached hydrogen (secondary N) is 1. The number of aromatic nitrogens is 2. The monoisotopic (exact) mass is 448 g/mol. The number of aryl methyl sites for hydroxylation is 1. The number of hydrogen-bond donors (Lipinski definition) is 1. The zero-order chi connectivity index (χ0) is 23.5. The van der Waals surface area contributed by atoms with Crippen LogP contribution in [0, 0.1) is 6.92 Å². The van der Waals surface area contributed by atoms with Crippen LogP contribution in [0.1, 0.15) is 27.2 Å². The van der Waals surface area contributed by atoms with Gasteiger partial charge in [-0.2, -0.15) is 0 Å². The van der Waals surface area contributed by atoms with Gasteiger partial charge >= 0.3 is 0 Å². The number of benzene rings is 3. The van der Waals surface area contributed by atoms with Crippen LogP contribution in [-0.4, -0.2) is 28.3 Å². The van der Waals surface area contributed by atoms with E-state index in [2.05, 4.69) is 15.3 Å². The fourth-order valence-corrected chi connectivity index (χ4v) is 4.28. The van der Waals surface area contributed by atoms with E-state index in [4.69, 9.17) is 0 Å². The van der Waals surface area contributed by atoms with Crippen molar-refractivity contribution in [3.63, 3.8) is 0 Å². The number of carbonyl (C=O) groups excluding carboxylic acids is 2. The smallest absolute Gasteiger partial charge is 0.256 e. The SMILES string of the molecule is Cc1ccc(-c2ccccc2C(=O)Nc2ccc3c(c2)CCN3C(=O)Cc2ccncn2)cc1. The minimum Gasteiger partial charge on any atom is -0.322 e. The molecule has 1 aromatic heterocycles. The molecule has 1 aliphatic rings. The molecule has 34 heavy (non-hydrogen) atoms. The highest BCUT2D eigenvalue weighted by Gasteiger charge is 2.25. The lowest BCUT2D eigenvalue weighted by molar-refractivity contribution is -0.117. The van der Waals surface area contributed by atoms with Crippen molar-refractivity contribution in [1.29, 1.82) is 0 Å². The summed E-state index contributed by atoms with van der Waals surface area (Å²) in [5.74, 6) is -0.160. The fraction of sp³-hybridized carbons (Fsp3) is 0.143. The molecule has 6 nitrogen and oxygen atoms in total. The maximum atomic E-state index is 13.2. The average Bonchev–Trinajstić information content (AvgIpc) is 3.29. The molecule has 168 valence electrons. The Morgan fingerprint density at radius 2 is 1.82 bits per heavy atom. The Labute approximate surface area is 198 Å². The molecule has 4 aromatic rings. The lowest BCUT2D eigenvalue weighted by Gasteiger charge is -2.17. The molecular weight excluding hydrogens is 424 g/mol. The first-order valence-corrected chi connectivity index (χ1v) is 11.2. The molecule has 0 bridgehead atoms. The van der Waals surface area contributed by atoms with Crippen molar-refractivity contribution in [3.05, 3.63) is 108 Å². The minimum atomic E-state index is -0.161. The first kappa shape index (κ1) is 21.5. The molecule has 0 aliphatic carbocycles. The van der Waals surface area contributed by atoms with Crippen molar-refractivity contribution in [2.45, 2.75) is 19.8 Å². The summed E-state index contributed by atoms with van der Waals surface area (Å²) in [7, 11) is 0. The van der Waals surface area contributed by atoms with Crippen LogP contribution >= 0.6 is 0 Å². The molecule has 6 heteroatoms. The van der Waals surface area contributed by atoms with E-state index >= 15 is 0 Å². The van der Waals surface area contributed by atoms with Crippen LogP contribution in [0.5, 0.6) is 0 Å². The van der Waals surface area contributed by atoms with E-state index in [-0.39, 0.29) is 18.2 Å². The molecule has 2 amide bonds.